The monoisotopic (exact) mass is 239 g/mol. The van der Waals surface area contributed by atoms with Gasteiger partial charge >= 0.3 is 5.97 Å². The van der Waals surface area contributed by atoms with Gasteiger partial charge in [0.1, 0.15) is 5.76 Å². The Kier molecular flexibility index (Phi) is 5.22. The predicted octanol–water partition coefficient (Wildman–Crippen LogP) is 2.25. The molecule has 0 amide bonds. The molecule has 2 atom stereocenters. The van der Waals surface area contributed by atoms with E-state index in [-0.39, 0.29) is 12.0 Å². The standard InChI is InChI=1S/C13H21NO3/c1-4-14(9-10(2)13(15)16)11(3)8-12-6-5-7-17-12/h5-7,10-11H,4,8-9H2,1-3H3,(H,15,16). The van der Waals surface area contributed by atoms with Gasteiger partial charge in [-0.25, -0.2) is 0 Å². The Morgan fingerprint density at radius 1 is 1.53 bits per heavy atom. The summed E-state index contributed by atoms with van der Waals surface area (Å²) in [5.74, 6) is -0.137. The molecule has 0 fully saturated rings. The number of aliphatic carboxylic acids is 1. The average Bonchev–Trinajstić information content (AvgIpc) is 2.77. The van der Waals surface area contributed by atoms with E-state index in [1.54, 1.807) is 13.2 Å². The SMILES string of the molecule is CCN(CC(C)C(=O)O)C(C)Cc1ccco1. The maximum atomic E-state index is 10.8. The molecular weight excluding hydrogens is 218 g/mol. The lowest BCUT2D eigenvalue weighted by Gasteiger charge is -2.28. The van der Waals surface area contributed by atoms with Crippen molar-refractivity contribution in [1.82, 2.24) is 4.90 Å². The molecule has 4 heteroatoms. The van der Waals surface area contributed by atoms with Gasteiger partial charge in [0.05, 0.1) is 12.2 Å². The zero-order valence-electron chi connectivity index (χ0n) is 10.7. The Labute approximate surface area is 102 Å². The van der Waals surface area contributed by atoms with E-state index < -0.39 is 5.97 Å². The first-order chi connectivity index (χ1) is 8.04. The summed E-state index contributed by atoms with van der Waals surface area (Å²) in [5.41, 5.74) is 0. The van der Waals surface area contributed by atoms with E-state index in [4.69, 9.17) is 9.52 Å². The van der Waals surface area contributed by atoms with Crippen LogP contribution in [0.3, 0.4) is 0 Å². The second kappa shape index (κ2) is 6.45. The second-order valence-electron chi connectivity index (χ2n) is 4.46. The number of rotatable bonds is 7. The molecule has 0 aromatic carbocycles. The third-order valence-electron chi connectivity index (χ3n) is 3.04. The highest BCUT2D eigenvalue weighted by molar-refractivity contribution is 5.69. The second-order valence-corrected chi connectivity index (χ2v) is 4.46. The van der Waals surface area contributed by atoms with E-state index >= 15 is 0 Å². The minimum absolute atomic E-state index is 0.285. The molecule has 0 aliphatic rings. The van der Waals surface area contributed by atoms with Crippen LogP contribution in [0.5, 0.6) is 0 Å². The summed E-state index contributed by atoms with van der Waals surface area (Å²) < 4.78 is 5.31. The Balaban J connectivity index is 2.51. The first-order valence-corrected chi connectivity index (χ1v) is 6.03. The third-order valence-corrected chi connectivity index (χ3v) is 3.04. The number of furan rings is 1. The molecule has 0 saturated heterocycles. The summed E-state index contributed by atoms with van der Waals surface area (Å²) >= 11 is 0. The largest absolute Gasteiger partial charge is 0.481 e. The van der Waals surface area contributed by atoms with Gasteiger partial charge in [-0.15, -0.1) is 0 Å². The molecule has 0 bridgehead atoms. The Morgan fingerprint density at radius 3 is 2.71 bits per heavy atom. The smallest absolute Gasteiger partial charge is 0.307 e. The van der Waals surface area contributed by atoms with Gasteiger partial charge in [-0.3, -0.25) is 9.69 Å². The molecular formula is C13H21NO3. The summed E-state index contributed by atoms with van der Waals surface area (Å²) in [4.78, 5) is 13.0. The van der Waals surface area contributed by atoms with E-state index in [9.17, 15) is 4.79 Å². The number of nitrogens with zero attached hydrogens (tertiary/aromatic N) is 1. The van der Waals surface area contributed by atoms with Crippen LogP contribution in [0.4, 0.5) is 0 Å². The number of carbonyl (C=O) groups is 1. The zero-order chi connectivity index (χ0) is 12.8. The van der Waals surface area contributed by atoms with Crippen LogP contribution in [0.2, 0.25) is 0 Å². The van der Waals surface area contributed by atoms with Crippen molar-refractivity contribution in [1.29, 1.82) is 0 Å². The van der Waals surface area contributed by atoms with Gasteiger partial charge in [0.25, 0.3) is 0 Å². The molecule has 0 aliphatic carbocycles. The van der Waals surface area contributed by atoms with Crippen molar-refractivity contribution in [3.8, 4) is 0 Å². The molecule has 4 nitrogen and oxygen atoms in total. The van der Waals surface area contributed by atoms with Gasteiger partial charge in [-0.1, -0.05) is 13.8 Å². The van der Waals surface area contributed by atoms with Crippen LogP contribution in [0.25, 0.3) is 0 Å². The van der Waals surface area contributed by atoms with Crippen LogP contribution in [-0.2, 0) is 11.2 Å². The Hall–Kier alpha value is -1.29. The number of carboxylic acids is 1. The van der Waals surface area contributed by atoms with Crippen molar-refractivity contribution in [2.75, 3.05) is 13.1 Å². The van der Waals surface area contributed by atoms with Gasteiger partial charge < -0.3 is 9.52 Å². The van der Waals surface area contributed by atoms with E-state index in [0.29, 0.717) is 6.54 Å². The third kappa shape index (κ3) is 4.23. The lowest BCUT2D eigenvalue weighted by molar-refractivity contribution is -0.141. The first kappa shape index (κ1) is 13.8. The van der Waals surface area contributed by atoms with Crippen LogP contribution < -0.4 is 0 Å². The fraction of sp³-hybridized carbons (Fsp3) is 0.615. The highest BCUT2D eigenvalue weighted by atomic mass is 16.4. The van der Waals surface area contributed by atoms with Crippen molar-refractivity contribution >= 4 is 5.97 Å². The normalized spacial score (nSPS) is 14.8. The summed E-state index contributed by atoms with van der Waals surface area (Å²) in [6.07, 6.45) is 2.48. The van der Waals surface area contributed by atoms with Crippen LogP contribution >= 0.6 is 0 Å². The number of hydrogen-bond donors (Lipinski definition) is 1. The zero-order valence-corrected chi connectivity index (χ0v) is 10.7. The molecule has 0 radical (unpaired) electrons. The van der Waals surface area contributed by atoms with Gasteiger partial charge in [-0.05, 0) is 25.6 Å². The van der Waals surface area contributed by atoms with E-state index in [1.807, 2.05) is 19.1 Å². The molecule has 0 spiro atoms. The van der Waals surface area contributed by atoms with E-state index in [0.717, 1.165) is 18.7 Å². The van der Waals surface area contributed by atoms with Gasteiger partial charge in [-0.2, -0.15) is 0 Å². The number of hydrogen-bond acceptors (Lipinski definition) is 3. The Bertz CT molecular complexity index is 334. The fourth-order valence-corrected chi connectivity index (χ4v) is 1.90. The van der Waals surface area contributed by atoms with Crippen molar-refractivity contribution in [3.05, 3.63) is 24.2 Å². The maximum Gasteiger partial charge on any atom is 0.307 e. The van der Waals surface area contributed by atoms with Gasteiger partial charge in [0.15, 0.2) is 0 Å². The molecule has 0 saturated carbocycles. The highest BCUT2D eigenvalue weighted by Crippen LogP contribution is 2.11. The predicted molar refractivity (Wildman–Crippen MR) is 65.9 cm³/mol. The van der Waals surface area contributed by atoms with E-state index in [1.165, 1.54) is 0 Å². The van der Waals surface area contributed by atoms with Crippen LogP contribution in [0.1, 0.15) is 26.5 Å². The lowest BCUT2D eigenvalue weighted by atomic mass is 10.1. The molecule has 1 heterocycles. The summed E-state index contributed by atoms with van der Waals surface area (Å²) in [6, 6.07) is 4.11. The van der Waals surface area contributed by atoms with Crippen molar-refractivity contribution in [2.24, 2.45) is 5.92 Å². The summed E-state index contributed by atoms with van der Waals surface area (Å²) in [6.45, 7) is 7.31. The molecule has 1 aromatic heterocycles. The van der Waals surface area contributed by atoms with E-state index in [2.05, 4.69) is 11.8 Å². The van der Waals surface area contributed by atoms with Crippen molar-refractivity contribution in [3.63, 3.8) is 0 Å². The molecule has 96 valence electrons. The highest BCUT2D eigenvalue weighted by Gasteiger charge is 2.19. The van der Waals surface area contributed by atoms with Crippen molar-refractivity contribution < 1.29 is 14.3 Å². The topological polar surface area (TPSA) is 53.7 Å². The minimum atomic E-state index is -0.742. The summed E-state index contributed by atoms with van der Waals surface area (Å²) in [5, 5.41) is 8.92. The quantitative estimate of drug-likeness (QED) is 0.793. The van der Waals surface area contributed by atoms with Crippen LogP contribution in [-0.4, -0.2) is 35.1 Å². The van der Waals surface area contributed by atoms with Gasteiger partial charge in [0.2, 0.25) is 0 Å². The summed E-state index contributed by atoms with van der Waals surface area (Å²) in [7, 11) is 0. The molecule has 1 N–H and O–H groups in total. The maximum absolute atomic E-state index is 10.8. The molecule has 0 aliphatic heterocycles. The first-order valence-electron chi connectivity index (χ1n) is 6.03. The fourth-order valence-electron chi connectivity index (χ4n) is 1.90. The molecule has 1 aromatic rings. The molecule has 2 unspecified atom stereocenters. The minimum Gasteiger partial charge on any atom is -0.481 e. The average molecular weight is 239 g/mol. The molecule has 1 rings (SSSR count). The number of carboxylic acid groups (broad SMARTS) is 1. The number of likely N-dealkylation sites (N-methyl/N-ethyl adjacent to an activating group) is 1. The van der Waals surface area contributed by atoms with Gasteiger partial charge in [0, 0.05) is 19.0 Å². The molecule has 17 heavy (non-hydrogen) atoms. The van der Waals surface area contributed by atoms with Crippen molar-refractivity contribution in [2.45, 2.75) is 33.2 Å². The van der Waals surface area contributed by atoms with Crippen LogP contribution in [0, 0.1) is 5.92 Å². The Morgan fingerprint density at radius 2 is 2.24 bits per heavy atom. The van der Waals surface area contributed by atoms with Crippen LogP contribution in [0.15, 0.2) is 22.8 Å². The lowest BCUT2D eigenvalue weighted by Crippen LogP contribution is -2.39.